The number of benzene rings is 1. The Bertz CT molecular complexity index is 296. The van der Waals surface area contributed by atoms with Crippen LogP contribution in [0.15, 0.2) is 18.2 Å². The van der Waals surface area contributed by atoms with Gasteiger partial charge < -0.3 is 10.1 Å². The third kappa shape index (κ3) is 3.04. The number of hydrogen-bond donors (Lipinski definition) is 1. The summed E-state index contributed by atoms with van der Waals surface area (Å²) in [6.07, 6.45) is 0.247. The Labute approximate surface area is 86.3 Å². The van der Waals surface area contributed by atoms with Gasteiger partial charge in [0.1, 0.15) is 0 Å². The first kappa shape index (κ1) is 11.1. The Balaban J connectivity index is 2.55. The Kier molecular flexibility index (Phi) is 3.96. The summed E-state index contributed by atoms with van der Waals surface area (Å²) in [5.74, 6) is 0. The Morgan fingerprint density at radius 1 is 1.29 bits per heavy atom. The Morgan fingerprint density at radius 3 is 2.57 bits per heavy atom. The Hall–Kier alpha value is -1.02. The predicted octanol–water partition coefficient (Wildman–Crippen LogP) is 2.75. The van der Waals surface area contributed by atoms with E-state index in [1.165, 1.54) is 11.1 Å². The molecule has 1 aromatic carbocycles. The molecule has 0 spiro atoms. The molecular formula is C12H19NO. The van der Waals surface area contributed by atoms with Crippen LogP contribution in [0.3, 0.4) is 0 Å². The normalized spacial score (nSPS) is 12.6. The van der Waals surface area contributed by atoms with Crippen molar-refractivity contribution in [2.24, 2.45) is 0 Å². The van der Waals surface area contributed by atoms with Gasteiger partial charge in [-0.15, -0.1) is 0 Å². The average Bonchev–Trinajstić information content (AvgIpc) is 2.19. The highest BCUT2D eigenvalue weighted by Gasteiger charge is 1.99. The molecule has 2 nitrogen and oxygen atoms in total. The maximum Gasteiger partial charge on any atom is 0.0715 e. The molecule has 1 N–H and O–H groups in total. The lowest BCUT2D eigenvalue weighted by Gasteiger charge is -2.12. The zero-order valence-electron chi connectivity index (χ0n) is 9.42. The van der Waals surface area contributed by atoms with E-state index >= 15 is 0 Å². The first-order chi connectivity index (χ1) is 6.63. The lowest BCUT2D eigenvalue weighted by atomic mass is 10.1. The van der Waals surface area contributed by atoms with E-state index in [1.807, 2.05) is 6.92 Å². The molecule has 0 saturated carbocycles. The van der Waals surface area contributed by atoms with Gasteiger partial charge in [0.25, 0.3) is 0 Å². The van der Waals surface area contributed by atoms with Crippen molar-refractivity contribution in [3.8, 4) is 0 Å². The van der Waals surface area contributed by atoms with E-state index < -0.39 is 0 Å². The second-order valence-electron chi connectivity index (χ2n) is 3.73. The van der Waals surface area contributed by atoms with Crippen LogP contribution in [0.1, 0.15) is 18.1 Å². The maximum atomic E-state index is 5.16. The molecule has 0 heterocycles. The van der Waals surface area contributed by atoms with Crippen LogP contribution in [0.4, 0.5) is 5.69 Å². The summed E-state index contributed by atoms with van der Waals surface area (Å²) in [6.45, 7) is 7.14. The number of methoxy groups -OCH3 is 1. The summed E-state index contributed by atoms with van der Waals surface area (Å²) in [5, 5.41) is 3.34. The molecule has 1 aromatic rings. The summed E-state index contributed by atoms with van der Waals surface area (Å²) in [7, 11) is 1.73. The lowest BCUT2D eigenvalue weighted by molar-refractivity contribution is 0.129. The van der Waals surface area contributed by atoms with Gasteiger partial charge in [-0.1, -0.05) is 6.07 Å². The standard InChI is InChI=1S/C12H19NO/c1-9-5-6-12(7-10(9)2)13-8-11(3)14-4/h5-7,11,13H,8H2,1-4H3. The number of nitrogens with one attached hydrogen (secondary N) is 1. The van der Waals surface area contributed by atoms with Gasteiger partial charge in [-0.2, -0.15) is 0 Å². The molecule has 78 valence electrons. The van der Waals surface area contributed by atoms with Crippen LogP contribution in [0.2, 0.25) is 0 Å². The minimum absolute atomic E-state index is 0.247. The fourth-order valence-electron chi connectivity index (χ4n) is 1.20. The molecule has 0 saturated heterocycles. The minimum atomic E-state index is 0.247. The monoisotopic (exact) mass is 193 g/mol. The largest absolute Gasteiger partial charge is 0.382 e. The number of anilines is 1. The zero-order valence-corrected chi connectivity index (χ0v) is 9.42. The third-order valence-electron chi connectivity index (χ3n) is 2.50. The highest BCUT2D eigenvalue weighted by molar-refractivity contribution is 5.48. The van der Waals surface area contributed by atoms with Gasteiger partial charge in [-0.05, 0) is 44.0 Å². The van der Waals surface area contributed by atoms with Gasteiger partial charge in [0.2, 0.25) is 0 Å². The molecule has 1 rings (SSSR count). The molecule has 2 heteroatoms. The molecule has 0 aromatic heterocycles. The van der Waals surface area contributed by atoms with Crippen LogP contribution in [-0.2, 0) is 4.74 Å². The number of hydrogen-bond acceptors (Lipinski definition) is 2. The van der Waals surface area contributed by atoms with Crippen LogP contribution in [0, 0.1) is 13.8 Å². The van der Waals surface area contributed by atoms with E-state index in [1.54, 1.807) is 7.11 Å². The molecule has 0 aliphatic carbocycles. The van der Waals surface area contributed by atoms with Crippen LogP contribution < -0.4 is 5.32 Å². The maximum absolute atomic E-state index is 5.16. The van der Waals surface area contributed by atoms with Crippen molar-refractivity contribution in [1.82, 2.24) is 0 Å². The SMILES string of the molecule is COC(C)CNc1ccc(C)c(C)c1. The summed E-state index contributed by atoms with van der Waals surface area (Å²) in [5.41, 5.74) is 3.81. The van der Waals surface area contributed by atoms with Gasteiger partial charge in [-0.25, -0.2) is 0 Å². The predicted molar refractivity (Wildman–Crippen MR) is 60.9 cm³/mol. The summed E-state index contributed by atoms with van der Waals surface area (Å²) in [6, 6.07) is 6.40. The molecule has 0 bridgehead atoms. The van der Waals surface area contributed by atoms with E-state index in [2.05, 4.69) is 37.4 Å². The molecule has 0 amide bonds. The van der Waals surface area contributed by atoms with Crippen LogP contribution in [0.25, 0.3) is 0 Å². The highest BCUT2D eigenvalue weighted by Crippen LogP contribution is 2.13. The van der Waals surface area contributed by atoms with E-state index in [4.69, 9.17) is 4.74 Å². The molecule has 0 aliphatic heterocycles. The van der Waals surface area contributed by atoms with Crippen molar-refractivity contribution in [1.29, 1.82) is 0 Å². The molecule has 0 fully saturated rings. The first-order valence-electron chi connectivity index (χ1n) is 4.97. The van der Waals surface area contributed by atoms with Crippen LogP contribution in [0.5, 0.6) is 0 Å². The summed E-state index contributed by atoms with van der Waals surface area (Å²) in [4.78, 5) is 0. The number of rotatable bonds is 4. The van der Waals surface area contributed by atoms with Crippen LogP contribution >= 0.6 is 0 Å². The Morgan fingerprint density at radius 2 is 2.00 bits per heavy atom. The molecule has 0 aliphatic rings. The first-order valence-corrected chi connectivity index (χ1v) is 4.97. The molecule has 1 atom stereocenters. The molecule has 1 unspecified atom stereocenters. The smallest absolute Gasteiger partial charge is 0.0715 e. The van der Waals surface area contributed by atoms with Crippen molar-refractivity contribution in [3.63, 3.8) is 0 Å². The fourth-order valence-corrected chi connectivity index (χ4v) is 1.20. The van der Waals surface area contributed by atoms with E-state index in [9.17, 15) is 0 Å². The van der Waals surface area contributed by atoms with Crippen molar-refractivity contribution in [2.75, 3.05) is 19.0 Å². The highest BCUT2D eigenvalue weighted by atomic mass is 16.5. The van der Waals surface area contributed by atoms with Gasteiger partial charge in [0.15, 0.2) is 0 Å². The molecule has 14 heavy (non-hydrogen) atoms. The topological polar surface area (TPSA) is 21.3 Å². The van der Waals surface area contributed by atoms with E-state index in [-0.39, 0.29) is 6.10 Å². The average molecular weight is 193 g/mol. The number of aryl methyl sites for hydroxylation is 2. The van der Waals surface area contributed by atoms with Crippen molar-refractivity contribution < 1.29 is 4.74 Å². The third-order valence-corrected chi connectivity index (χ3v) is 2.50. The summed E-state index contributed by atoms with van der Waals surface area (Å²) < 4.78 is 5.16. The van der Waals surface area contributed by atoms with Gasteiger partial charge in [0, 0.05) is 19.3 Å². The van der Waals surface area contributed by atoms with Gasteiger partial charge in [0.05, 0.1) is 6.10 Å². The van der Waals surface area contributed by atoms with E-state index in [0.717, 1.165) is 12.2 Å². The quantitative estimate of drug-likeness (QED) is 0.794. The summed E-state index contributed by atoms with van der Waals surface area (Å²) >= 11 is 0. The van der Waals surface area contributed by atoms with Gasteiger partial charge >= 0.3 is 0 Å². The molecule has 0 radical (unpaired) electrons. The lowest BCUT2D eigenvalue weighted by Crippen LogP contribution is -2.18. The second-order valence-corrected chi connectivity index (χ2v) is 3.73. The van der Waals surface area contributed by atoms with Crippen molar-refractivity contribution in [2.45, 2.75) is 26.9 Å². The van der Waals surface area contributed by atoms with Crippen LogP contribution in [-0.4, -0.2) is 19.8 Å². The van der Waals surface area contributed by atoms with Gasteiger partial charge in [-0.3, -0.25) is 0 Å². The van der Waals surface area contributed by atoms with Crippen molar-refractivity contribution >= 4 is 5.69 Å². The van der Waals surface area contributed by atoms with Crippen molar-refractivity contribution in [3.05, 3.63) is 29.3 Å². The van der Waals surface area contributed by atoms with E-state index in [0.29, 0.717) is 0 Å². The second kappa shape index (κ2) is 5.01. The minimum Gasteiger partial charge on any atom is -0.382 e. The zero-order chi connectivity index (χ0) is 10.6. The molecular weight excluding hydrogens is 174 g/mol. The fraction of sp³-hybridized carbons (Fsp3) is 0.500. The number of ether oxygens (including phenoxy) is 1.